The molecule has 1 N–H and O–H groups in total. The van der Waals surface area contributed by atoms with Crippen LogP contribution in [0.25, 0.3) is 0 Å². The lowest BCUT2D eigenvalue weighted by Crippen LogP contribution is -2.24. The monoisotopic (exact) mass is 405 g/mol. The average molecular weight is 405 g/mol. The van der Waals surface area contributed by atoms with Crippen molar-refractivity contribution in [1.82, 2.24) is 5.43 Å². The number of benzene rings is 3. The van der Waals surface area contributed by atoms with Crippen molar-refractivity contribution in [2.75, 3.05) is 6.61 Å². The number of nitrogens with zero attached hydrogens (tertiary/aromatic N) is 2. The van der Waals surface area contributed by atoms with Crippen molar-refractivity contribution in [3.8, 4) is 11.5 Å². The zero-order chi connectivity index (χ0) is 21.2. The molecule has 0 fully saturated rings. The van der Waals surface area contributed by atoms with Crippen molar-refractivity contribution in [1.29, 1.82) is 0 Å². The zero-order valence-corrected chi connectivity index (χ0v) is 15.9. The van der Waals surface area contributed by atoms with Crippen LogP contribution in [0.2, 0.25) is 0 Å². The fourth-order valence-corrected chi connectivity index (χ4v) is 2.49. The van der Waals surface area contributed by atoms with Crippen molar-refractivity contribution >= 4 is 17.8 Å². The standard InChI is InChI=1S/C22H19N3O5/c26-22(24-23-14-18-8-4-5-9-21(18)25(27)28)16-30-20-12-10-19(11-13-20)29-15-17-6-2-1-3-7-17/h1-14H,15-16H2,(H,24,26)/b23-14+. The molecule has 0 saturated carbocycles. The molecule has 30 heavy (non-hydrogen) atoms. The molecule has 0 aliphatic heterocycles. The minimum Gasteiger partial charge on any atom is -0.489 e. The Labute approximate surface area is 172 Å². The van der Waals surface area contributed by atoms with E-state index in [4.69, 9.17) is 9.47 Å². The van der Waals surface area contributed by atoms with Crippen LogP contribution in [0.15, 0.2) is 84.0 Å². The second-order valence-electron chi connectivity index (χ2n) is 6.14. The van der Waals surface area contributed by atoms with Gasteiger partial charge in [0.1, 0.15) is 18.1 Å². The highest BCUT2D eigenvalue weighted by Gasteiger charge is 2.10. The van der Waals surface area contributed by atoms with E-state index in [1.165, 1.54) is 18.3 Å². The van der Waals surface area contributed by atoms with Gasteiger partial charge in [0.2, 0.25) is 0 Å². The molecule has 3 rings (SSSR count). The molecule has 0 unspecified atom stereocenters. The topological polar surface area (TPSA) is 103 Å². The molecule has 0 atom stereocenters. The molecule has 0 spiro atoms. The van der Waals surface area contributed by atoms with Crippen LogP contribution in [0.4, 0.5) is 5.69 Å². The van der Waals surface area contributed by atoms with Gasteiger partial charge in [-0.15, -0.1) is 0 Å². The minimum atomic E-state index is -0.514. The Bertz CT molecular complexity index is 1020. The number of ether oxygens (including phenoxy) is 2. The van der Waals surface area contributed by atoms with E-state index in [0.717, 1.165) is 5.56 Å². The van der Waals surface area contributed by atoms with Gasteiger partial charge in [0, 0.05) is 6.07 Å². The number of rotatable bonds is 9. The second kappa shape index (κ2) is 10.4. The van der Waals surface area contributed by atoms with E-state index in [1.54, 1.807) is 36.4 Å². The normalized spacial score (nSPS) is 10.5. The first-order valence-corrected chi connectivity index (χ1v) is 9.07. The van der Waals surface area contributed by atoms with E-state index in [0.29, 0.717) is 18.1 Å². The summed E-state index contributed by atoms with van der Waals surface area (Å²) in [5.74, 6) is 0.693. The molecule has 8 nitrogen and oxygen atoms in total. The number of nitro benzene ring substituents is 1. The highest BCUT2D eigenvalue weighted by molar-refractivity contribution is 5.86. The van der Waals surface area contributed by atoms with Crippen molar-refractivity contribution in [3.05, 3.63) is 100 Å². The lowest BCUT2D eigenvalue weighted by Gasteiger charge is -2.08. The molecule has 0 saturated heterocycles. The lowest BCUT2D eigenvalue weighted by molar-refractivity contribution is -0.385. The van der Waals surface area contributed by atoms with Crippen LogP contribution < -0.4 is 14.9 Å². The van der Waals surface area contributed by atoms with Gasteiger partial charge >= 0.3 is 0 Å². The van der Waals surface area contributed by atoms with Gasteiger partial charge < -0.3 is 9.47 Å². The summed E-state index contributed by atoms with van der Waals surface area (Å²) in [6.07, 6.45) is 1.22. The molecular weight excluding hydrogens is 386 g/mol. The third-order valence-electron chi connectivity index (χ3n) is 3.97. The Hall–Kier alpha value is -4.20. The van der Waals surface area contributed by atoms with Crippen LogP contribution in [0, 0.1) is 10.1 Å². The molecule has 0 aliphatic rings. The summed E-state index contributed by atoms with van der Waals surface area (Å²) in [6.45, 7) is 0.208. The molecule has 1 amide bonds. The first-order chi connectivity index (χ1) is 14.6. The van der Waals surface area contributed by atoms with Crippen LogP contribution in [-0.4, -0.2) is 23.7 Å². The summed E-state index contributed by atoms with van der Waals surface area (Å²) in [5, 5.41) is 14.7. The molecule has 152 valence electrons. The number of carbonyl (C=O) groups excluding carboxylic acids is 1. The number of carbonyl (C=O) groups is 1. The van der Waals surface area contributed by atoms with E-state index in [-0.39, 0.29) is 17.9 Å². The maximum absolute atomic E-state index is 11.8. The summed E-state index contributed by atoms with van der Waals surface area (Å²) in [4.78, 5) is 22.3. The number of hydrazone groups is 1. The van der Waals surface area contributed by atoms with Crippen LogP contribution in [0.3, 0.4) is 0 Å². The van der Waals surface area contributed by atoms with Crippen molar-refractivity contribution in [2.24, 2.45) is 5.10 Å². The molecule has 3 aromatic rings. The van der Waals surface area contributed by atoms with E-state index >= 15 is 0 Å². The van der Waals surface area contributed by atoms with E-state index in [2.05, 4.69) is 10.5 Å². The Kier molecular flexibility index (Phi) is 7.10. The fraction of sp³-hybridized carbons (Fsp3) is 0.0909. The molecule has 0 bridgehead atoms. The SMILES string of the molecule is O=C(COc1ccc(OCc2ccccc2)cc1)N/N=C/c1ccccc1[N+](=O)[O-]. The Morgan fingerprint density at radius 1 is 0.933 bits per heavy atom. The summed E-state index contributed by atoms with van der Waals surface area (Å²) in [6, 6.07) is 22.8. The van der Waals surface area contributed by atoms with E-state index < -0.39 is 10.8 Å². The summed E-state index contributed by atoms with van der Waals surface area (Å²) in [7, 11) is 0. The van der Waals surface area contributed by atoms with Crippen LogP contribution in [-0.2, 0) is 11.4 Å². The fourth-order valence-electron chi connectivity index (χ4n) is 2.49. The van der Waals surface area contributed by atoms with Crippen molar-refractivity contribution in [3.63, 3.8) is 0 Å². The lowest BCUT2D eigenvalue weighted by atomic mass is 10.2. The third kappa shape index (κ3) is 6.16. The predicted molar refractivity (Wildman–Crippen MR) is 112 cm³/mol. The molecule has 3 aromatic carbocycles. The summed E-state index contributed by atoms with van der Waals surface area (Å²) >= 11 is 0. The molecule has 0 aliphatic carbocycles. The van der Waals surface area contributed by atoms with E-state index in [9.17, 15) is 14.9 Å². The average Bonchev–Trinajstić information content (AvgIpc) is 2.78. The Morgan fingerprint density at radius 2 is 1.57 bits per heavy atom. The smallest absolute Gasteiger partial charge is 0.278 e. The molecule has 0 aromatic heterocycles. The second-order valence-corrected chi connectivity index (χ2v) is 6.14. The third-order valence-corrected chi connectivity index (χ3v) is 3.97. The van der Waals surface area contributed by atoms with Gasteiger partial charge in [0.25, 0.3) is 11.6 Å². The van der Waals surface area contributed by atoms with Gasteiger partial charge in [-0.25, -0.2) is 5.43 Å². The molecular formula is C22H19N3O5. The molecule has 0 heterocycles. The van der Waals surface area contributed by atoms with Crippen LogP contribution >= 0.6 is 0 Å². The number of nitro groups is 1. The zero-order valence-electron chi connectivity index (χ0n) is 15.9. The number of nitrogens with one attached hydrogen (secondary N) is 1. The van der Waals surface area contributed by atoms with Gasteiger partial charge in [-0.1, -0.05) is 42.5 Å². The maximum atomic E-state index is 11.8. The summed E-state index contributed by atoms with van der Waals surface area (Å²) in [5.41, 5.74) is 3.53. The number of para-hydroxylation sites is 1. The van der Waals surface area contributed by atoms with Crippen molar-refractivity contribution < 1.29 is 19.2 Å². The number of hydrogen-bond acceptors (Lipinski definition) is 6. The first kappa shape index (κ1) is 20.5. The largest absolute Gasteiger partial charge is 0.489 e. The van der Waals surface area contributed by atoms with Gasteiger partial charge in [-0.05, 0) is 35.9 Å². The highest BCUT2D eigenvalue weighted by atomic mass is 16.6. The van der Waals surface area contributed by atoms with E-state index in [1.807, 2.05) is 30.3 Å². The highest BCUT2D eigenvalue weighted by Crippen LogP contribution is 2.19. The Morgan fingerprint density at radius 3 is 2.27 bits per heavy atom. The molecule has 8 heteroatoms. The maximum Gasteiger partial charge on any atom is 0.278 e. The number of hydrogen-bond donors (Lipinski definition) is 1. The van der Waals surface area contributed by atoms with Gasteiger partial charge in [0.05, 0.1) is 16.7 Å². The van der Waals surface area contributed by atoms with Gasteiger partial charge in [-0.2, -0.15) is 5.10 Å². The molecule has 0 radical (unpaired) electrons. The van der Waals surface area contributed by atoms with Gasteiger partial charge in [-0.3, -0.25) is 14.9 Å². The summed E-state index contributed by atoms with van der Waals surface area (Å²) < 4.78 is 11.1. The quantitative estimate of drug-likeness (QED) is 0.332. The number of amides is 1. The van der Waals surface area contributed by atoms with Crippen LogP contribution in [0.5, 0.6) is 11.5 Å². The van der Waals surface area contributed by atoms with Crippen LogP contribution in [0.1, 0.15) is 11.1 Å². The predicted octanol–water partition coefficient (Wildman–Crippen LogP) is 3.70. The minimum absolute atomic E-state index is 0.0960. The van der Waals surface area contributed by atoms with Gasteiger partial charge in [0.15, 0.2) is 6.61 Å². The first-order valence-electron chi connectivity index (χ1n) is 9.07. The Balaban J connectivity index is 1.44. The van der Waals surface area contributed by atoms with Crippen molar-refractivity contribution in [2.45, 2.75) is 6.61 Å².